The van der Waals surface area contributed by atoms with Gasteiger partial charge in [-0.1, -0.05) is 60.7 Å². The topological polar surface area (TPSA) is 24.9 Å². The Morgan fingerprint density at radius 1 is 0.905 bits per heavy atom. The van der Waals surface area contributed by atoms with Gasteiger partial charge in [-0.25, -0.2) is 4.98 Å². The lowest BCUT2D eigenvalue weighted by atomic mass is 10.1. The van der Waals surface area contributed by atoms with Gasteiger partial charge in [-0.05, 0) is 24.1 Å². The predicted octanol–water partition coefficient (Wildman–Crippen LogP) is 4.14. The zero-order chi connectivity index (χ0) is 14.3. The third-order valence-corrected chi connectivity index (χ3v) is 4.37. The maximum absolute atomic E-state index is 4.49. The van der Waals surface area contributed by atoms with Gasteiger partial charge in [-0.3, -0.25) is 0 Å². The molecular formula is C18H18N2S. The van der Waals surface area contributed by atoms with Crippen LogP contribution >= 0.6 is 11.3 Å². The minimum Gasteiger partial charge on any atom is -0.310 e. The van der Waals surface area contributed by atoms with E-state index in [9.17, 15) is 0 Å². The molecule has 0 bridgehead atoms. The number of benzene rings is 2. The minimum absolute atomic E-state index is 0.838. The summed E-state index contributed by atoms with van der Waals surface area (Å²) in [6.45, 7) is 1.81. The molecule has 0 saturated heterocycles. The largest absolute Gasteiger partial charge is 0.310 e. The lowest BCUT2D eigenvalue weighted by molar-refractivity contribution is 0.684. The first kappa shape index (κ1) is 14.0. The predicted molar refractivity (Wildman–Crippen MR) is 89.4 cm³/mol. The van der Waals surface area contributed by atoms with Crippen molar-refractivity contribution in [3.8, 4) is 10.4 Å². The maximum Gasteiger partial charge on any atom is 0.107 e. The molecule has 1 N–H and O–H groups in total. The Balaban J connectivity index is 1.49. The summed E-state index contributed by atoms with van der Waals surface area (Å²) in [7, 11) is 0. The highest BCUT2D eigenvalue weighted by Gasteiger charge is 2.03. The first-order valence-corrected chi connectivity index (χ1v) is 7.98. The molecule has 0 amide bonds. The number of rotatable bonds is 6. The van der Waals surface area contributed by atoms with E-state index in [-0.39, 0.29) is 0 Å². The Morgan fingerprint density at radius 3 is 2.38 bits per heavy atom. The van der Waals surface area contributed by atoms with Crippen molar-refractivity contribution >= 4 is 11.3 Å². The molecule has 0 saturated carbocycles. The number of thiazole rings is 1. The van der Waals surface area contributed by atoms with Gasteiger partial charge in [0.05, 0.1) is 4.88 Å². The van der Waals surface area contributed by atoms with E-state index in [0.29, 0.717) is 0 Å². The molecular weight excluding hydrogens is 276 g/mol. The number of nitrogens with zero attached hydrogens (tertiary/aromatic N) is 1. The van der Waals surface area contributed by atoms with Crippen LogP contribution in [-0.2, 0) is 13.0 Å². The average Bonchev–Trinajstić information content (AvgIpc) is 3.02. The number of hydrogen-bond acceptors (Lipinski definition) is 3. The van der Waals surface area contributed by atoms with Crippen LogP contribution in [0.1, 0.15) is 10.6 Å². The van der Waals surface area contributed by atoms with Gasteiger partial charge in [-0.15, -0.1) is 11.3 Å². The summed E-state index contributed by atoms with van der Waals surface area (Å²) in [6.07, 6.45) is 3.02. The maximum atomic E-state index is 4.49. The van der Waals surface area contributed by atoms with Crippen LogP contribution in [0.2, 0.25) is 0 Å². The summed E-state index contributed by atoms with van der Waals surface area (Å²) in [5.74, 6) is 0. The van der Waals surface area contributed by atoms with Crippen molar-refractivity contribution in [2.75, 3.05) is 6.54 Å². The van der Waals surface area contributed by atoms with Crippen LogP contribution in [0.15, 0.2) is 66.9 Å². The first-order chi connectivity index (χ1) is 10.4. The Kier molecular flexibility index (Phi) is 4.77. The molecule has 0 fully saturated rings. The van der Waals surface area contributed by atoms with Crippen molar-refractivity contribution in [1.29, 1.82) is 0 Å². The van der Waals surface area contributed by atoms with Gasteiger partial charge in [0.1, 0.15) is 5.01 Å². The molecule has 0 aliphatic rings. The molecule has 3 rings (SSSR count). The van der Waals surface area contributed by atoms with Crippen LogP contribution in [-0.4, -0.2) is 11.5 Å². The van der Waals surface area contributed by atoms with E-state index >= 15 is 0 Å². The monoisotopic (exact) mass is 294 g/mol. The van der Waals surface area contributed by atoms with Crippen molar-refractivity contribution in [3.63, 3.8) is 0 Å². The van der Waals surface area contributed by atoms with Crippen molar-refractivity contribution in [1.82, 2.24) is 10.3 Å². The first-order valence-electron chi connectivity index (χ1n) is 7.16. The Hall–Kier alpha value is -1.97. The number of aromatic nitrogens is 1. The molecule has 0 aliphatic heterocycles. The van der Waals surface area contributed by atoms with E-state index in [2.05, 4.69) is 64.9 Å². The van der Waals surface area contributed by atoms with Crippen molar-refractivity contribution in [2.24, 2.45) is 0 Å². The van der Waals surface area contributed by atoms with E-state index < -0.39 is 0 Å². The molecule has 3 heteroatoms. The molecule has 0 spiro atoms. The number of nitrogens with one attached hydrogen (secondary N) is 1. The second-order valence-electron chi connectivity index (χ2n) is 4.90. The highest BCUT2D eigenvalue weighted by atomic mass is 32.1. The third-order valence-electron chi connectivity index (χ3n) is 3.32. The van der Waals surface area contributed by atoms with Crippen molar-refractivity contribution in [2.45, 2.75) is 13.0 Å². The van der Waals surface area contributed by atoms with Crippen molar-refractivity contribution < 1.29 is 0 Å². The van der Waals surface area contributed by atoms with Gasteiger partial charge >= 0.3 is 0 Å². The van der Waals surface area contributed by atoms with Crippen LogP contribution in [0, 0.1) is 0 Å². The molecule has 2 aromatic carbocycles. The van der Waals surface area contributed by atoms with Gasteiger partial charge in [0.15, 0.2) is 0 Å². The lowest BCUT2D eigenvalue weighted by Crippen LogP contribution is -2.16. The van der Waals surface area contributed by atoms with E-state index in [4.69, 9.17) is 0 Å². The summed E-state index contributed by atoms with van der Waals surface area (Å²) in [4.78, 5) is 5.73. The van der Waals surface area contributed by atoms with E-state index in [1.54, 1.807) is 11.3 Å². The van der Waals surface area contributed by atoms with E-state index in [1.807, 2.05) is 12.3 Å². The Bertz CT molecular complexity index is 662. The van der Waals surface area contributed by atoms with Crippen LogP contribution in [0.5, 0.6) is 0 Å². The van der Waals surface area contributed by atoms with E-state index in [1.165, 1.54) is 16.0 Å². The molecule has 0 atom stereocenters. The number of hydrogen-bond donors (Lipinski definition) is 1. The third kappa shape index (κ3) is 4.00. The molecule has 3 aromatic rings. The van der Waals surface area contributed by atoms with Gasteiger partial charge in [0, 0.05) is 12.7 Å². The van der Waals surface area contributed by atoms with Gasteiger partial charge in [0.2, 0.25) is 0 Å². The highest BCUT2D eigenvalue weighted by molar-refractivity contribution is 7.15. The van der Waals surface area contributed by atoms with Crippen LogP contribution in [0.3, 0.4) is 0 Å². The molecule has 21 heavy (non-hydrogen) atoms. The smallest absolute Gasteiger partial charge is 0.107 e. The molecule has 0 radical (unpaired) electrons. The summed E-state index contributed by atoms with van der Waals surface area (Å²) >= 11 is 1.76. The van der Waals surface area contributed by atoms with Crippen LogP contribution in [0.4, 0.5) is 0 Å². The van der Waals surface area contributed by atoms with Crippen LogP contribution in [0.25, 0.3) is 10.4 Å². The standard InChI is InChI=1S/C18H18N2S/c1-3-7-15(8-4-1)11-12-19-14-18-20-13-17(21-18)16-9-5-2-6-10-16/h1-10,13,19H,11-12,14H2. The highest BCUT2D eigenvalue weighted by Crippen LogP contribution is 2.25. The minimum atomic E-state index is 0.838. The molecule has 1 heterocycles. The SMILES string of the molecule is c1ccc(CCNCc2ncc(-c3ccccc3)s2)cc1. The molecule has 0 unspecified atom stereocenters. The molecule has 106 valence electrons. The Labute approximate surface area is 129 Å². The summed E-state index contributed by atoms with van der Waals surface area (Å²) < 4.78 is 0. The van der Waals surface area contributed by atoms with E-state index in [0.717, 1.165) is 24.5 Å². The summed E-state index contributed by atoms with van der Waals surface area (Å²) in [6, 6.07) is 21.0. The van der Waals surface area contributed by atoms with Crippen molar-refractivity contribution in [3.05, 3.63) is 77.4 Å². The van der Waals surface area contributed by atoms with Gasteiger partial charge in [0.25, 0.3) is 0 Å². The average molecular weight is 294 g/mol. The van der Waals surface area contributed by atoms with Gasteiger partial charge in [-0.2, -0.15) is 0 Å². The second kappa shape index (κ2) is 7.16. The fraction of sp³-hybridized carbons (Fsp3) is 0.167. The second-order valence-corrected chi connectivity index (χ2v) is 6.01. The molecule has 0 aliphatic carbocycles. The normalized spacial score (nSPS) is 10.7. The van der Waals surface area contributed by atoms with Gasteiger partial charge < -0.3 is 5.32 Å². The lowest BCUT2D eigenvalue weighted by Gasteiger charge is -2.02. The molecule has 1 aromatic heterocycles. The van der Waals surface area contributed by atoms with Crippen LogP contribution < -0.4 is 5.32 Å². The zero-order valence-corrected chi connectivity index (χ0v) is 12.6. The zero-order valence-electron chi connectivity index (χ0n) is 11.8. The fourth-order valence-corrected chi connectivity index (χ4v) is 3.09. The summed E-state index contributed by atoms with van der Waals surface area (Å²) in [5.41, 5.74) is 2.61. The fourth-order valence-electron chi connectivity index (χ4n) is 2.20. The quantitative estimate of drug-likeness (QED) is 0.691. The summed E-state index contributed by atoms with van der Waals surface area (Å²) in [5, 5.41) is 4.60. The Morgan fingerprint density at radius 2 is 1.62 bits per heavy atom. The molecule has 2 nitrogen and oxygen atoms in total.